The second-order valence-corrected chi connectivity index (χ2v) is 3.20. The molecule has 0 aromatic carbocycles. The summed E-state index contributed by atoms with van der Waals surface area (Å²) < 4.78 is 9.61. The molecule has 0 N–H and O–H groups in total. The van der Waals surface area contributed by atoms with Gasteiger partial charge in [0.15, 0.2) is 0 Å². The van der Waals surface area contributed by atoms with Crippen LogP contribution in [0.1, 0.15) is 27.7 Å². The van der Waals surface area contributed by atoms with Gasteiger partial charge in [0.1, 0.15) is 12.7 Å². The number of ether oxygens (including phenoxy) is 2. The lowest BCUT2D eigenvalue weighted by Crippen LogP contribution is -2.22. The van der Waals surface area contributed by atoms with Crippen LogP contribution < -0.4 is 0 Å². The number of carbonyl (C=O) groups excluding carboxylic acids is 2. The summed E-state index contributed by atoms with van der Waals surface area (Å²) in [5, 5.41) is 0. The molecule has 0 spiro atoms. The largest absolute Gasteiger partial charge is 0.462 e. The summed E-state index contributed by atoms with van der Waals surface area (Å²) >= 11 is 0. The lowest BCUT2D eigenvalue weighted by Gasteiger charge is -2.13. The summed E-state index contributed by atoms with van der Waals surface area (Å²) in [7, 11) is 0. The normalized spacial score (nSPS) is 12.4. The quantitative estimate of drug-likeness (QED) is 0.621. The molecule has 0 aromatic heterocycles. The van der Waals surface area contributed by atoms with E-state index in [0.29, 0.717) is 0 Å². The summed E-state index contributed by atoms with van der Waals surface area (Å²) in [5.74, 6) is -0.795. The first-order valence-electron chi connectivity index (χ1n) is 4.27. The Labute approximate surface area is 78.2 Å². The highest BCUT2D eigenvalue weighted by atomic mass is 16.6. The molecule has 0 fully saturated rings. The van der Waals surface area contributed by atoms with E-state index in [1.165, 1.54) is 6.92 Å². The van der Waals surface area contributed by atoms with Crippen LogP contribution in [0, 0.1) is 5.92 Å². The summed E-state index contributed by atoms with van der Waals surface area (Å²) in [5.41, 5.74) is 0. The Morgan fingerprint density at radius 1 is 1.23 bits per heavy atom. The molecule has 1 unspecified atom stereocenters. The second-order valence-electron chi connectivity index (χ2n) is 3.20. The zero-order valence-electron chi connectivity index (χ0n) is 8.49. The molecule has 0 aliphatic rings. The van der Waals surface area contributed by atoms with Gasteiger partial charge in [-0.25, -0.2) is 0 Å². The minimum absolute atomic E-state index is 0.122. The standard InChI is InChI=1S/C9H16O4/c1-6(2)9(11)12-5-7(3)13-8(4)10/h6-7H,5H2,1-4H3. The fourth-order valence-electron chi connectivity index (χ4n) is 0.683. The maximum atomic E-state index is 11.0. The summed E-state index contributed by atoms with van der Waals surface area (Å²) in [6.45, 7) is 6.62. The molecule has 13 heavy (non-hydrogen) atoms. The fraction of sp³-hybridized carbons (Fsp3) is 0.778. The molecule has 0 radical (unpaired) electrons. The minimum Gasteiger partial charge on any atom is -0.462 e. The molecule has 1 atom stereocenters. The Morgan fingerprint density at radius 2 is 1.77 bits per heavy atom. The molecular weight excluding hydrogens is 172 g/mol. The van der Waals surface area contributed by atoms with Gasteiger partial charge in [-0.15, -0.1) is 0 Å². The van der Waals surface area contributed by atoms with Crippen LogP contribution in [0.15, 0.2) is 0 Å². The van der Waals surface area contributed by atoms with Gasteiger partial charge in [0.25, 0.3) is 0 Å². The van der Waals surface area contributed by atoms with Crippen molar-refractivity contribution in [2.75, 3.05) is 6.61 Å². The van der Waals surface area contributed by atoms with Gasteiger partial charge in [0.2, 0.25) is 0 Å². The van der Waals surface area contributed by atoms with Gasteiger partial charge >= 0.3 is 11.9 Å². The molecule has 0 aliphatic heterocycles. The predicted octanol–water partition coefficient (Wildman–Crippen LogP) is 1.14. The topological polar surface area (TPSA) is 52.6 Å². The molecule has 0 bridgehead atoms. The highest BCUT2D eigenvalue weighted by Crippen LogP contribution is 1.99. The van der Waals surface area contributed by atoms with E-state index in [2.05, 4.69) is 0 Å². The van der Waals surface area contributed by atoms with E-state index in [1.807, 2.05) is 0 Å². The van der Waals surface area contributed by atoms with Crippen molar-refractivity contribution < 1.29 is 19.1 Å². The Balaban J connectivity index is 3.63. The van der Waals surface area contributed by atoms with E-state index in [4.69, 9.17) is 9.47 Å². The smallest absolute Gasteiger partial charge is 0.308 e. The Hall–Kier alpha value is -1.06. The molecular formula is C9H16O4. The van der Waals surface area contributed by atoms with Crippen LogP contribution in [0.2, 0.25) is 0 Å². The lowest BCUT2D eigenvalue weighted by atomic mass is 10.2. The number of esters is 2. The van der Waals surface area contributed by atoms with Crippen LogP contribution >= 0.6 is 0 Å². The molecule has 0 aromatic rings. The number of hydrogen-bond acceptors (Lipinski definition) is 4. The molecule has 4 heteroatoms. The van der Waals surface area contributed by atoms with Gasteiger partial charge in [-0.1, -0.05) is 13.8 Å². The predicted molar refractivity (Wildman–Crippen MR) is 47.0 cm³/mol. The SMILES string of the molecule is CC(=O)OC(C)COC(=O)C(C)C. The second kappa shape index (κ2) is 5.56. The first-order chi connectivity index (χ1) is 5.93. The maximum Gasteiger partial charge on any atom is 0.308 e. The van der Waals surface area contributed by atoms with Crippen LogP contribution in [0.25, 0.3) is 0 Å². The molecule has 0 amide bonds. The zero-order chi connectivity index (χ0) is 10.4. The highest BCUT2D eigenvalue weighted by Gasteiger charge is 2.11. The van der Waals surface area contributed by atoms with Crippen molar-refractivity contribution >= 4 is 11.9 Å². The van der Waals surface area contributed by atoms with Crippen molar-refractivity contribution in [3.05, 3.63) is 0 Å². The van der Waals surface area contributed by atoms with Crippen molar-refractivity contribution in [1.82, 2.24) is 0 Å². The van der Waals surface area contributed by atoms with E-state index in [-0.39, 0.29) is 30.6 Å². The molecule has 0 saturated carbocycles. The van der Waals surface area contributed by atoms with Gasteiger partial charge in [-0.05, 0) is 6.92 Å². The first-order valence-corrected chi connectivity index (χ1v) is 4.27. The molecule has 0 rings (SSSR count). The first kappa shape index (κ1) is 11.9. The third kappa shape index (κ3) is 6.13. The Kier molecular flexibility index (Phi) is 5.11. The zero-order valence-corrected chi connectivity index (χ0v) is 8.49. The molecule has 4 nitrogen and oxygen atoms in total. The van der Waals surface area contributed by atoms with Crippen LogP contribution in [0.5, 0.6) is 0 Å². The van der Waals surface area contributed by atoms with E-state index < -0.39 is 0 Å². The number of carbonyl (C=O) groups is 2. The van der Waals surface area contributed by atoms with Crippen LogP contribution in [-0.4, -0.2) is 24.6 Å². The van der Waals surface area contributed by atoms with Gasteiger partial charge < -0.3 is 9.47 Å². The highest BCUT2D eigenvalue weighted by molar-refractivity contribution is 5.71. The average molecular weight is 188 g/mol. The van der Waals surface area contributed by atoms with Crippen molar-refractivity contribution in [2.24, 2.45) is 5.92 Å². The monoisotopic (exact) mass is 188 g/mol. The van der Waals surface area contributed by atoms with E-state index in [1.54, 1.807) is 20.8 Å². The summed E-state index contributed by atoms with van der Waals surface area (Å²) in [6, 6.07) is 0. The average Bonchev–Trinajstić information content (AvgIpc) is 1.98. The Bertz CT molecular complexity index is 186. The van der Waals surface area contributed by atoms with Gasteiger partial charge in [-0.3, -0.25) is 9.59 Å². The molecule has 0 aliphatic carbocycles. The number of rotatable bonds is 4. The summed E-state index contributed by atoms with van der Waals surface area (Å²) in [6.07, 6.45) is -0.375. The van der Waals surface area contributed by atoms with Gasteiger partial charge in [0.05, 0.1) is 5.92 Å². The van der Waals surface area contributed by atoms with E-state index >= 15 is 0 Å². The van der Waals surface area contributed by atoms with Crippen molar-refractivity contribution in [3.63, 3.8) is 0 Å². The minimum atomic E-state index is -0.375. The van der Waals surface area contributed by atoms with Crippen LogP contribution in [0.4, 0.5) is 0 Å². The third-order valence-corrected chi connectivity index (χ3v) is 1.30. The van der Waals surface area contributed by atoms with Crippen molar-refractivity contribution in [2.45, 2.75) is 33.8 Å². The van der Waals surface area contributed by atoms with Gasteiger partial charge in [0, 0.05) is 6.92 Å². The number of hydrogen-bond donors (Lipinski definition) is 0. The van der Waals surface area contributed by atoms with Crippen LogP contribution in [0.3, 0.4) is 0 Å². The van der Waals surface area contributed by atoms with E-state index in [9.17, 15) is 9.59 Å². The van der Waals surface area contributed by atoms with Gasteiger partial charge in [-0.2, -0.15) is 0 Å². The van der Waals surface area contributed by atoms with Crippen LogP contribution in [-0.2, 0) is 19.1 Å². The molecule has 0 heterocycles. The molecule has 76 valence electrons. The third-order valence-electron chi connectivity index (χ3n) is 1.30. The fourth-order valence-corrected chi connectivity index (χ4v) is 0.683. The maximum absolute atomic E-state index is 11.0. The molecule has 0 saturated heterocycles. The van der Waals surface area contributed by atoms with Crippen molar-refractivity contribution in [3.8, 4) is 0 Å². The lowest BCUT2D eigenvalue weighted by molar-refractivity contribution is -0.158. The Morgan fingerprint density at radius 3 is 2.15 bits per heavy atom. The summed E-state index contributed by atoms with van der Waals surface area (Å²) in [4.78, 5) is 21.4. The van der Waals surface area contributed by atoms with Crippen molar-refractivity contribution in [1.29, 1.82) is 0 Å². The van der Waals surface area contributed by atoms with E-state index in [0.717, 1.165) is 0 Å².